The summed E-state index contributed by atoms with van der Waals surface area (Å²) in [4.78, 5) is 8.89. The van der Waals surface area contributed by atoms with Gasteiger partial charge in [0.15, 0.2) is 11.6 Å². The lowest BCUT2D eigenvalue weighted by molar-refractivity contribution is 0.193. The number of nitrogens with zero attached hydrogens (tertiary/aromatic N) is 5. The van der Waals surface area contributed by atoms with Gasteiger partial charge in [0, 0.05) is 36.5 Å². The third-order valence-electron chi connectivity index (χ3n) is 4.67. The van der Waals surface area contributed by atoms with E-state index in [-0.39, 0.29) is 5.92 Å². The summed E-state index contributed by atoms with van der Waals surface area (Å²) in [5, 5.41) is 12.4. The molecule has 1 unspecified atom stereocenters. The van der Waals surface area contributed by atoms with Gasteiger partial charge in [0.2, 0.25) is 0 Å². The normalized spacial score (nSPS) is 20.6. The van der Waals surface area contributed by atoms with Crippen LogP contribution in [0.5, 0.6) is 0 Å². The fourth-order valence-electron chi connectivity index (χ4n) is 3.12. The van der Waals surface area contributed by atoms with E-state index in [0.29, 0.717) is 12.5 Å². The smallest absolute Gasteiger partial charge is 0.183 e. The average Bonchev–Trinajstić information content (AvgIpc) is 3.08. The number of aromatic amines is 1. The third kappa shape index (κ3) is 2.41. The number of aromatic nitrogens is 6. The van der Waals surface area contributed by atoms with Crippen molar-refractivity contribution < 1.29 is 4.74 Å². The lowest BCUT2D eigenvalue weighted by atomic mass is 10.1. The lowest BCUT2D eigenvalue weighted by Crippen LogP contribution is -2.02. The molecule has 3 aromatic rings. The zero-order valence-electron chi connectivity index (χ0n) is 13.2. The van der Waals surface area contributed by atoms with E-state index in [1.807, 2.05) is 16.8 Å². The van der Waals surface area contributed by atoms with E-state index < -0.39 is 0 Å². The molecule has 2 fully saturated rings. The fraction of sp³-hybridized carbons (Fsp3) is 0.412. The van der Waals surface area contributed by atoms with Crippen molar-refractivity contribution in [2.75, 3.05) is 13.2 Å². The lowest BCUT2D eigenvalue weighted by Gasteiger charge is -2.03. The van der Waals surface area contributed by atoms with E-state index in [0.717, 1.165) is 36.1 Å². The molecule has 1 atom stereocenters. The minimum atomic E-state index is 0.258. The van der Waals surface area contributed by atoms with Crippen LogP contribution in [-0.4, -0.2) is 43.2 Å². The first-order valence-corrected chi connectivity index (χ1v) is 8.39. The van der Waals surface area contributed by atoms with Crippen LogP contribution in [0.1, 0.15) is 42.6 Å². The Morgan fingerprint density at radius 3 is 2.75 bits per heavy atom. The van der Waals surface area contributed by atoms with Crippen LogP contribution >= 0.6 is 0 Å². The maximum absolute atomic E-state index is 5.49. The van der Waals surface area contributed by atoms with Crippen LogP contribution < -0.4 is 0 Å². The fourth-order valence-corrected chi connectivity index (χ4v) is 3.12. The summed E-state index contributed by atoms with van der Waals surface area (Å²) < 4.78 is 7.36. The molecule has 7 heteroatoms. The van der Waals surface area contributed by atoms with Gasteiger partial charge in [-0.25, -0.2) is 9.67 Å². The highest BCUT2D eigenvalue weighted by Gasteiger charge is 2.28. The van der Waals surface area contributed by atoms with E-state index >= 15 is 0 Å². The highest BCUT2D eigenvalue weighted by Crippen LogP contribution is 2.40. The Balaban J connectivity index is 1.60. The van der Waals surface area contributed by atoms with Gasteiger partial charge in [0.25, 0.3) is 0 Å². The number of H-pyrrole nitrogens is 1. The predicted octanol–water partition coefficient (Wildman–Crippen LogP) is 2.43. The summed E-state index contributed by atoms with van der Waals surface area (Å²) in [5.74, 6) is 2.49. The number of pyridine rings is 1. The average molecular weight is 322 g/mol. The summed E-state index contributed by atoms with van der Waals surface area (Å²) in [5.41, 5.74) is 2.97. The Morgan fingerprint density at radius 1 is 1.12 bits per heavy atom. The summed E-state index contributed by atoms with van der Waals surface area (Å²) >= 11 is 0. The second kappa shape index (κ2) is 5.52. The largest absolute Gasteiger partial charge is 0.381 e. The quantitative estimate of drug-likeness (QED) is 0.798. The number of hydrogen-bond acceptors (Lipinski definition) is 5. The standard InChI is InChI=1S/C17H18N6O/c1-2-11(1)14-9-15(21-20-14)17-19-16(12-5-8-24-10-12)22-23(17)13-3-6-18-7-4-13/h3-4,6-7,9,11-12H,1-2,5,8,10H2,(H,20,21). The van der Waals surface area contributed by atoms with Crippen molar-refractivity contribution in [3.8, 4) is 17.2 Å². The minimum absolute atomic E-state index is 0.258. The van der Waals surface area contributed by atoms with Gasteiger partial charge >= 0.3 is 0 Å². The molecule has 24 heavy (non-hydrogen) atoms. The van der Waals surface area contributed by atoms with Gasteiger partial charge in [0.1, 0.15) is 5.69 Å². The van der Waals surface area contributed by atoms with Crippen molar-refractivity contribution in [3.63, 3.8) is 0 Å². The summed E-state index contributed by atoms with van der Waals surface area (Å²) in [7, 11) is 0. The Kier molecular flexibility index (Phi) is 3.19. The Morgan fingerprint density at radius 2 is 2.00 bits per heavy atom. The van der Waals surface area contributed by atoms with Crippen LogP contribution in [-0.2, 0) is 4.74 Å². The second-order valence-electron chi connectivity index (χ2n) is 6.45. The molecule has 1 N–H and O–H groups in total. The molecule has 4 heterocycles. The molecule has 1 saturated carbocycles. The molecule has 3 aromatic heterocycles. The van der Waals surface area contributed by atoms with Crippen LogP contribution in [0.2, 0.25) is 0 Å². The molecule has 5 rings (SSSR count). The van der Waals surface area contributed by atoms with Gasteiger partial charge in [-0.3, -0.25) is 10.1 Å². The number of hydrogen-bond donors (Lipinski definition) is 1. The summed E-state index contributed by atoms with van der Waals surface area (Å²) in [6, 6.07) is 5.97. The van der Waals surface area contributed by atoms with Crippen LogP contribution in [0.4, 0.5) is 0 Å². The topological polar surface area (TPSA) is 81.5 Å². The summed E-state index contributed by atoms with van der Waals surface area (Å²) in [6.45, 7) is 1.46. The van der Waals surface area contributed by atoms with E-state index in [1.165, 1.54) is 18.5 Å². The monoisotopic (exact) mass is 322 g/mol. The molecule has 0 spiro atoms. The second-order valence-corrected chi connectivity index (χ2v) is 6.45. The number of ether oxygens (including phenoxy) is 1. The zero-order valence-corrected chi connectivity index (χ0v) is 13.2. The minimum Gasteiger partial charge on any atom is -0.381 e. The predicted molar refractivity (Wildman–Crippen MR) is 86.9 cm³/mol. The Labute approximate surface area is 139 Å². The van der Waals surface area contributed by atoms with E-state index in [2.05, 4.69) is 21.2 Å². The molecule has 7 nitrogen and oxygen atoms in total. The molecule has 1 aliphatic carbocycles. The molecule has 0 amide bonds. The maximum Gasteiger partial charge on any atom is 0.183 e. The zero-order chi connectivity index (χ0) is 15.9. The summed E-state index contributed by atoms with van der Waals surface area (Å²) in [6.07, 6.45) is 6.97. The first-order chi connectivity index (χ1) is 11.9. The Bertz CT molecular complexity index is 845. The van der Waals surface area contributed by atoms with Gasteiger partial charge in [-0.2, -0.15) is 10.2 Å². The van der Waals surface area contributed by atoms with Gasteiger partial charge in [-0.05, 0) is 37.5 Å². The third-order valence-corrected chi connectivity index (χ3v) is 4.67. The molecule has 1 saturated heterocycles. The molecule has 2 aliphatic rings. The Hall–Kier alpha value is -2.54. The van der Waals surface area contributed by atoms with Crippen molar-refractivity contribution >= 4 is 0 Å². The van der Waals surface area contributed by atoms with Crippen molar-refractivity contribution in [1.82, 2.24) is 29.9 Å². The SMILES string of the molecule is c1cc(-n2nc(C3CCOC3)nc2-c2cc(C3CC3)[nH]n2)ccn1. The molecule has 0 aromatic carbocycles. The molecule has 1 aliphatic heterocycles. The van der Waals surface area contributed by atoms with Crippen LogP contribution in [0.25, 0.3) is 17.2 Å². The first-order valence-electron chi connectivity index (χ1n) is 8.39. The van der Waals surface area contributed by atoms with Gasteiger partial charge in [-0.1, -0.05) is 0 Å². The van der Waals surface area contributed by atoms with Gasteiger partial charge in [-0.15, -0.1) is 0 Å². The van der Waals surface area contributed by atoms with Crippen molar-refractivity contribution in [2.45, 2.75) is 31.1 Å². The van der Waals surface area contributed by atoms with Crippen LogP contribution in [0.3, 0.4) is 0 Å². The van der Waals surface area contributed by atoms with Gasteiger partial charge in [0.05, 0.1) is 12.3 Å². The van der Waals surface area contributed by atoms with Crippen LogP contribution in [0.15, 0.2) is 30.6 Å². The van der Waals surface area contributed by atoms with E-state index in [4.69, 9.17) is 14.8 Å². The molecular formula is C17H18N6O. The van der Waals surface area contributed by atoms with Crippen molar-refractivity contribution in [3.05, 3.63) is 42.1 Å². The van der Waals surface area contributed by atoms with Crippen molar-refractivity contribution in [2.24, 2.45) is 0 Å². The molecule has 0 radical (unpaired) electrons. The number of nitrogens with one attached hydrogen (secondary N) is 1. The highest BCUT2D eigenvalue weighted by molar-refractivity contribution is 5.54. The maximum atomic E-state index is 5.49. The molecule has 122 valence electrons. The first kappa shape index (κ1) is 13.9. The molecular weight excluding hydrogens is 304 g/mol. The highest BCUT2D eigenvalue weighted by atomic mass is 16.5. The van der Waals surface area contributed by atoms with Crippen molar-refractivity contribution in [1.29, 1.82) is 0 Å². The van der Waals surface area contributed by atoms with E-state index in [9.17, 15) is 0 Å². The van der Waals surface area contributed by atoms with Gasteiger partial charge < -0.3 is 4.74 Å². The molecule has 0 bridgehead atoms. The number of rotatable bonds is 4. The van der Waals surface area contributed by atoms with Crippen LogP contribution in [0, 0.1) is 0 Å². The van der Waals surface area contributed by atoms with E-state index in [1.54, 1.807) is 12.4 Å².